The van der Waals surface area contributed by atoms with Crippen molar-refractivity contribution in [3.63, 3.8) is 0 Å². The van der Waals surface area contributed by atoms with Crippen LogP contribution < -0.4 is 18.9 Å². The van der Waals surface area contributed by atoms with E-state index in [0.29, 0.717) is 95.8 Å². The fraction of sp³-hybridized carbons (Fsp3) is 0.123. The molecule has 0 bridgehead atoms. The summed E-state index contributed by atoms with van der Waals surface area (Å²) in [6, 6.07) is 80.4. The monoisotopic (exact) mass is 2040 g/mol. The number of nitrogens with zero attached hydrogens (tertiary/aromatic N) is 10. The molecular weight excluding hydrogens is 1960 g/mol. The van der Waals surface area contributed by atoms with Crippen LogP contribution in [0.15, 0.2) is 313 Å². The molecule has 136 heavy (non-hydrogen) atoms. The van der Waals surface area contributed by atoms with Crippen LogP contribution in [0.2, 0.25) is 0 Å². The molecule has 0 spiro atoms. The van der Waals surface area contributed by atoms with Crippen molar-refractivity contribution in [2.24, 2.45) is 0 Å². The van der Waals surface area contributed by atoms with Gasteiger partial charge in [-0.15, -0.1) is 0 Å². The molecule has 28 nitrogen and oxygen atoms in total. The molecule has 10 aromatic carbocycles. The molecule has 20 aromatic rings. The average molecular weight is 2040 g/mol. The Kier molecular flexibility index (Phi) is 32.6. The van der Waals surface area contributed by atoms with Crippen LogP contribution in [-0.4, -0.2) is 127 Å². The van der Waals surface area contributed by atoms with E-state index in [1.54, 1.807) is 130 Å². The Morgan fingerprint density at radius 1 is 0.449 bits per heavy atom. The first-order chi connectivity index (χ1) is 66.1. The molecule has 1 atom stereocenters. The first-order valence-electron chi connectivity index (χ1n) is 42.3. The van der Waals surface area contributed by atoms with Crippen molar-refractivity contribution in [2.45, 2.75) is 65.6 Å². The summed E-state index contributed by atoms with van der Waals surface area (Å²) in [7, 11) is 1.61. The molecule has 11 heterocycles. The minimum absolute atomic E-state index is 0.0107. The van der Waals surface area contributed by atoms with Crippen molar-refractivity contribution in [3.8, 4) is 40.4 Å². The minimum Gasteiger partial charge on any atom is -0.508 e. The second-order valence-corrected chi connectivity index (χ2v) is 32.4. The Bertz CT molecular complexity index is 7820. The van der Waals surface area contributed by atoms with Gasteiger partial charge < -0.3 is 48.1 Å². The van der Waals surface area contributed by atoms with Gasteiger partial charge in [-0.3, -0.25) is 63.7 Å². The summed E-state index contributed by atoms with van der Waals surface area (Å²) in [5, 5.41) is 45.3. The number of aromatic hydroxyl groups is 3. The molecule has 0 amide bonds. The van der Waals surface area contributed by atoms with Gasteiger partial charge >= 0.3 is 12.1 Å². The van der Waals surface area contributed by atoms with Crippen molar-refractivity contribution < 1.29 is 86.4 Å². The number of ketones is 5. The number of hydrogen-bond donors (Lipinski definition) is 3. The number of phenolic OH excluding ortho intramolecular Hbond substituents is 3. The number of carbonyl (C=O) groups excluding carboxylic acids is 8. The van der Waals surface area contributed by atoms with Gasteiger partial charge in [0.05, 0.1) is 103 Å². The Morgan fingerprint density at radius 2 is 0.919 bits per heavy atom. The molecule has 30 heteroatoms. The number of pyridine rings is 8. The molecule has 3 N–H and O–H groups in total. The molecule has 1 aliphatic carbocycles. The molecular formula is C106H82I2N10O18. The predicted molar refractivity (Wildman–Crippen MR) is 529 cm³/mol. The Labute approximate surface area is 803 Å². The maximum absolute atomic E-state index is 12.3. The van der Waals surface area contributed by atoms with E-state index in [0.717, 1.165) is 122 Å². The van der Waals surface area contributed by atoms with E-state index in [2.05, 4.69) is 114 Å². The lowest BCUT2D eigenvalue weighted by Crippen LogP contribution is -2.23. The zero-order chi connectivity index (χ0) is 95.6. The summed E-state index contributed by atoms with van der Waals surface area (Å²) in [5.41, 5.74) is 13.4. The van der Waals surface area contributed by atoms with Crippen molar-refractivity contribution >= 4 is 195 Å². The second-order valence-electron chi connectivity index (χ2n) is 30.3. The number of phenols is 3. The summed E-state index contributed by atoms with van der Waals surface area (Å²) < 4.78 is 39.9. The van der Waals surface area contributed by atoms with Crippen molar-refractivity contribution in [2.75, 3.05) is 20.3 Å². The van der Waals surface area contributed by atoms with E-state index in [1.165, 1.54) is 18.6 Å². The summed E-state index contributed by atoms with van der Waals surface area (Å²) in [4.78, 5) is 120. The van der Waals surface area contributed by atoms with Gasteiger partial charge in [0, 0.05) is 106 Å². The number of Topliss-reactive ketones (excluding diaryl/α,β-unsaturated/α-hetero) is 5. The highest BCUT2D eigenvalue weighted by molar-refractivity contribution is 14.1. The average Bonchev–Trinajstić information content (AvgIpc) is 1.63. The van der Waals surface area contributed by atoms with E-state index in [1.807, 2.05) is 171 Å². The van der Waals surface area contributed by atoms with Crippen LogP contribution in [0.25, 0.3) is 109 Å². The number of aryl methyl sites for hydroxylation is 1. The molecule has 2 aliphatic rings. The summed E-state index contributed by atoms with van der Waals surface area (Å²) in [5.74, 6) is 1.58. The number of rotatable bonds is 13. The Balaban J connectivity index is 0.000000125. The molecule has 0 saturated heterocycles. The van der Waals surface area contributed by atoms with Crippen LogP contribution in [0.1, 0.15) is 99.0 Å². The summed E-state index contributed by atoms with van der Waals surface area (Å²) in [6.45, 7) is 6.85. The highest BCUT2D eigenvalue weighted by atomic mass is 127. The Hall–Kier alpha value is -16.2. The van der Waals surface area contributed by atoms with Gasteiger partial charge in [0.2, 0.25) is 5.88 Å². The quantitative estimate of drug-likeness (QED) is 0.0241. The van der Waals surface area contributed by atoms with Gasteiger partial charge in [-0.2, -0.15) is 9.59 Å². The third-order valence-electron chi connectivity index (χ3n) is 21.2. The number of halogens is 2. The van der Waals surface area contributed by atoms with E-state index >= 15 is 0 Å². The lowest BCUT2D eigenvalue weighted by atomic mass is 9.83. The maximum atomic E-state index is 12.3. The van der Waals surface area contributed by atoms with E-state index in [9.17, 15) is 39.0 Å². The standard InChI is InChI=1S/C19H18N2O5.C18H15NO2.C16H12INO.C12H7NO3.C11H8N2O.C11H9NO2.C9H6INO.C9H7NO.CO2/c1-24-8-9-25-17-7-4-12-14(20-17)5-6-16-18(12)19(21-26-16)13-3-2-11(22)10-15(13)23;1-13(20)18-15-8-5-11-19-16(15)9-10-17(18)21-12-14-6-3-2-4-7-14;17-16-13-7-4-10-18-14(13)8-9-15(16)19-11-12-5-2-1-3-6-12;14-9-6-11(15)16-10-4-3-8-7(12(9)10)2-1-5-13-8;1-7-11-8-3-2-6-12-9(8)4-5-10(11)14-13-7;1-7(13)11-8-3-2-6-12-9(8)4-5-10(11)14;10-9-6-2-1-5-11-7(6)3-4-8(9)12;11-8-3-4-9-7(6-8)2-1-5-10-9;2-1-3/h4-7,13H,2-3,8-10H2,1H3;2-11H,12H2,1H3;1-10H,11H2;1-5H,6H2;2-6H,1H3;2-6,14H,1H3;1-5,12H;1-6,11H;. The molecule has 678 valence electrons. The molecule has 1 aliphatic heterocycles. The van der Waals surface area contributed by atoms with Crippen LogP contribution in [-0.2, 0) is 41.9 Å². The van der Waals surface area contributed by atoms with Crippen molar-refractivity contribution in [1.82, 2.24) is 50.2 Å². The molecule has 1 fully saturated rings. The van der Waals surface area contributed by atoms with Crippen molar-refractivity contribution in [3.05, 3.63) is 351 Å². The van der Waals surface area contributed by atoms with Gasteiger partial charge in [0.1, 0.15) is 78.0 Å². The van der Waals surface area contributed by atoms with Gasteiger partial charge in [-0.05, 0) is 235 Å². The highest BCUT2D eigenvalue weighted by Gasteiger charge is 2.33. The van der Waals surface area contributed by atoms with E-state index in [4.69, 9.17) is 47.4 Å². The smallest absolute Gasteiger partial charge is 0.373 e. The Morgan fingerprint density at radius 3 is 1.52 bits per heavy atom. The molecule has 1 saturated carbocycles. The van der Waals surface area contributed by atoms with Gasteiger partial charge in [-0.1, -0.05) is 113 Å². The fourth-order valence-electron chi connectivity index (χ4n) is 15.0. The summed E-state index contributed by atoms with van der Waals surface area (Å²) in [6.07, 6.45) is 13.0. The van der Waals surface area contributed by atoms with Crippen LogP contribution >= 0.6 is 45.2 Å². The lowest BCUT2D eigenvalue weighted by Gasteiger charge is -2.17. The second kappa shape index (κ2) is 46.3. The number of benzene rings is 10. The highest BCUT2D eigenvalue weighted by Crippen LogP contribution is 2.39. The zero-order valence-electron chi connectivity index (χ0n) is 73.3. The van der Waals surface area contributed by atoms with Gasteiger partial charge in [0.25, 0.3) is 0 Å². The largest absolute Gasteiger partial charge is 0.508 e. The topological polar surface area (TPSA) is 399 Å². The van der Waals surface area contributed by atoms with Crippen molar-refractivity contribution in [1.29, 1.82) is 0 Å². The van der Waals surface area contributed by atoms with Crippen LogP contribution in [0.4, 0.5) is 0 Å². The maximum Gasteiger partial charge on any atom is 0.373 e. The van der Waals surface area contributed by atoms with Crippen LogP contribution in [0.5, 0.6) is 40.4 Å². The van der Waals surface area contributed by atoms with Gasteiger partial charge in [-0.25, -0.2) is 4.98 Å². The molecule has 10 aromatic heterocycles. The fourth-order valence-corrected chi connectivity index (χ4v) is 16.4. The lowest BCUT2D eigenvalue weighted by molar-refractivity contribution is -0.191. The molecule has 22 rings (SSSR count). The number of fused-ring (bicyclic) bond motifs is 14. The third-order valence-corrected chi connectivity index (χ3v) is 23.5. The van der Waals surface area contributed by atoms with Crippen LogP contribution in [0.3, 0.4) is 0 Å². The number of carbonyl (C=O) groups is 6. The number of ether oxygens (including phenoxy) is 5. The zero-order valence-corrected chi connectivity index (χ0v) is 77.6. The number of methoxy groups -OCH3 is 1. The number of hydrogen-bond acceptors (Lipinski definition) is 28. The minimum atomic E-state index is -0.499. The number of aromatic nitrogens is 10. The van der Waals surface area contributed by atoms with Crippen LogP contribution in [0, 0.1) is 14.1 Å². The summed E-state index contributed by atoms with van der Waals surface area (Å²) >= 11 is 4.43. The SMILES string of the molecule is CC(=O)c1c(O)ccc2ncccc12.CC(=O)c1c(OCc2ccccc2)ccc2ncccc12.COCCOc1ccc2c(ccc3onc(C4CCC(=O)CC4=O)c32)n1.Cc1noc2ccc3ncccc3c12.Ic1c(OCc2ccccc2)ccc2ncccc12.O=C1CC(=O)c2c(ccc3ncccc23)O1.O=C=O.Oc1ccc2ncccc2c1.Oc1ccc2ncccc2c1I. The first-order valence-corrected chi connectivity index (χ1v) is 44.5. The predicted octanol–water partition coefficient (Wildman–Crippen LogP) is 21.7. The number of esters is 1. The van der Waals surface area contributed by atoms with E-state index < -0.39 is 11.9 Å². The first kappa shape index (κ1) is 95.9. The normalized spacial score (nSPS) is 12.3. The van der Waals surface area contributed by atoms with Gasteiger partial charge in [0.15, 0.2) is 28.5 Å². The molecule has 1 unspecified atom stereocenters. The molecule has 0 radical (unpaired) electrons. The third kappa shape index (κ3) is 23.8. The van der Waals surface area contributed by atoms with E-state index in [-0.39, 0.29) is 59.4 Å².